The SMILES string of the molecule is CCCCNC(=O)C(Cc1ccccc1)N(Cc1ccccc1)C(=O)CSCc1c(Cl)cccc1Cl. The molecule has 0 aromatic heterocycles. The second kappa shape index (κ2) is 14.9. The number of amides is 2. The molecule has 0 aliphatic heterocycles. The van der Waals surface area contributed by atoms with Crippen molar-refractivity contribution in [1.82, 2.24) is 10.2 Å². The van der Waals surface area contributed by atoms with Crippen molar-refractivity contribution in [2.45, 2.75) is 44.5 Å². The first-order valence-electron chi connectivity index (χ1n) is 12.1. The summed E-state index contributed by atoms with van der Waals surface area (Å²) >= 11 is 14.1. The first-order valence-corrected chi connectivity index (χ1v) is 14.1. The average molecular weight is 544 g/mol. The lowest BCUT2D eigenvalue weighted by atomic mass is 10.0. The van der Waals surface area contributed by atoms with Crippen LogP contribution in [-0.2, 0) is 28.3 Å². The quantitative estimate of drug-likeness (QED) is 0.242. The molecular weight excluding hydrogens is 511 g/mol. The number of thioether (sulfide) groups is 1. The number of benzene rings is 3. The minimum Gasteiger partial charge on any atom is -0.354 e. The summed E-state index contributed by atoms with van der Waals surface area (Å²) in [5, 5.41) is 4.22. The van der Waals surface area contributed by atoms with Gasteiger partial charge in [-0.2, -0.15) is 0 Å². The molecule has 0 aliphatic carbocycles. The molecule has 0 saturated carbocycles. The molecule has 0 heterocycles. The molecule has 1 N–H and O–H groups in total. The van der Waals surface area contributed by atoms with Crippen LogP contribution in [0.3, 0.4) is 0 Å². The van der Waals surface area contributed by atoms with Crippen LogP contribution in [0.2, 0.25) is 10.0 Å². The van der Waals surface area contributed by atoms with Gasteiger partial charge in [0.25, 0.3) is 0 Å². The normalized spacial score (nSPS) is 11.6. The van der Waals surface area contributed by atoms with Crippen LogP contribution in [0.1, 0.15) is 36.5 Å². The van der Waals surface area contributed by atoms with E-state index in [-0.39, 0.29) is 17.6 Å². The number of carbonyl (C=O) groups excluding carboxylic acids is 2. The van der Waals surface area contributed by atoms with Crippen molar-refractivity contribution in [2.24, 2.45) is 0 Å². The Morgan fingerprint density at radius 1 is 0.889 bits per heavy atom. The van der Waals surface area contributed by atoms with E-state index >= 15 is 0 Å². The summed E-state index contributed by atoms with van der Waals surface area (Å²) in [6.45, 7) is 3.03. The molecule has 1 unspecified atom stereocenters. The molecule has 2 amide bonds. The number of halogens is 2. The van der Waals surface area contributed by atoms with Crippen molar-refractivity contribution in [2.75, 3.05) is 12.3 Å². The maximum absolute atomic E-state index is 13.6. The van der Waals surface area contributed by atoms with Crippen LogP contribution < -0.4 is 5.32 Å². The van der Waals surface area contributed by atoms with Crippen LogP contribution in [0.5, 0.6) is 0 Å². The Bertz CT molecular complexity index is 1090. The molecule has 0 fully saturated rings. The highest BCUT2D eigenvalue weighted by molar-refractivity contribution is 7.99. The zero-order valence-electron chi connectivity index (χ0n) is 20.5. The summed E-state index contributed by atoms with van der Waals surface area (Å²) in [4.78, 5) is 28.7. The monoisotopic (exact) mass is 542 g/mol. The van der Waals surface area contributed by atoms with E-state index < -0.39 is 6.04 Å². The van der Waals surface area contributed by atoms with Crippen molar-refractivity contribution in [3.05, 3.63) is 106 Å². The van der Waals surface area contributed by atoms with Crippen molar-refractivity contribution in [3.8, 4) is 0 Å². The standard InChI is InChI=1S/C29H32Cl2N2O2S/c1-2-3-17-32-29(35)27(18-22-11-6-4-7-12-22)33(19-23-13-8-5-9-14-23)28(34)21-36-20-24-25(30)15-10-16-26(24)31/h4-16,27H,2-3,17-21H2,1H3,(H,32,35). The van der Waals surface area contributed by atoms with Gasteiger partial charge in [-0.05, 0) is 35.2 Å². The first-order chi connectivity index (χ1) is 17.5. The lowest BCUT2D eigenvalue weighted by Gasteiger charge is -2.31. The third-order valence-electron chi connectivity index (χ3n) is 5.83. The second-order valence-electron chi connectivity index (χ2n) is 8.55. The van der Waals surface area contributed by atoms with Gasteiger partial charge >= 0.3 is 0 Å². The fourth-order valence-corrected chi connectivity index (χ4v) is 5.48. The van der Waals surface area contributed by atoms with E-state index in [1.54, 1.807) is 23.1 Å². The fourth-order valence-electron chi connectivity index (χ4n) is 3.83. The first kappa shape index (κ1) is 28.1. The maximum Gasteiger partial charge on any atom is 0.243 e. The Morgan fingerprint density at radius 3 is 2.11 bits per heavy atom. The van der Waals surface area contributed by atoms with E-state index in [9.17, 15) is 9.59 Å². The molecular formula is C29H32Cl2N2O2S. The molecule has 0 saturated heterocycles. The molecule has 4 nitrogen and oxygen atoms in total. The average Bonchev–Trinajstić information content (AvgIpc) is 2.89. The number of rotatable bonds is 13. The van der Waals surface area contributed by atoms with Crippen LogP contribution in [0.4, 0.5) is 0 Å². The Kier molecular flexibility index (Phi) is 11.7. The number of nitrogens with zero attached hydrogens (tertiary/aromatic N) is 1. The summed E-state index contributed by atoms with van der Waals surface area (Å²) in [7, 11) is 0. The summed E-state index contributed by atoms with van der Waals surface area (Å²) in [5.41, 5.74) is 2.80. The van der Waals surface area contributed by atoms with Crippen molar-refractivity contribution >= 4 is 46.8 Å². The molecule has 7 heteroatoms. The Hall–Kier alpha value is -2.47. The van der Waals surface area contributed by atoms with E-state index in [0.717, 1.165) is 29.5 Å². The van der Waals surface area contributed by atoms with Crippen molar-refractivity contribution < 1.29 is 9.59 Å². The molecule has 1 atom stereocenters. The van der Waals surface area contributed by atoms with Crippen LogP contribution in [-0.4, -0.2) is 35.1 Å². The number of nitrogens with one attached hydrogen (secondary N) is 1. The molecule has 0 bridgehead atoms. The minimum atomic E-state index is -0.624. The van der Waals surface area contributed by atoms with Crippen molar-refractivity contribution in [3.63, 3.8) is 0 Å². The second-order valence-corrected chi connectivity index (χ2v) is 10.4. The van der Waals surface area contributed by atoms with Gasteiger partial charge in [0.15, 0.2) is 0 Å². The van der Waals surface area contributed by atoms with Gasteiger partial charge in [0.05, 0.1) is 5.75 Å². The van der Waals surface area contributed by atoms with E-state index in [1.807, 2.05) is 60.7 Å². The maximum atomic E-state index is 13.6. The predicted octanol–water partition coefficient (Wildman–Crippen LogP) is 6.78. The highest BCUT2D eigenvalue weighted by Gasteiger charge is 2.30. The largest absolute Gasteiger partial charge is 0.354 e. The van der Waals surface area contributed by atoms with Gasteiger partial charge in [0.1, 0.15) is 6.04 Å². The van der Waals surface area contributed by atoms with Gasteiger partial charge in [0.2, 0.25) is 11.8 Å². The summed E-state index contributed by atoms with van der Waals surface area (Å²) in [6.07, 6.45) is 2.32. The zero-order valence-corrected chi connectivity index (χ0v) is 22.8. The Balaban J connectivity index is 1.82. The van der Waals surface area contributed by atoms with Crippen LogP contribution >= 0.6 is 35.0 Å². The van der Waals surface area contributed by atoms with E-state index in [1.165, 1.54) is 11.8 Å². The number of unbranched alkanes of at least 4 members (excludes halogenated alkanes) is 1. The highest BCUT2D eigenvalue weighted by Crippen LogP contribution is 2.28. The Morgan fingerprint density at radius 2 is 1.50 bits per heavy atom. The zero-order chi connectivity index (χ0) is 25.8. The van der Waals surface area contributed by atoms with Gasteiger partial charge in [-0.25, -0.2) is 0 Å². The summed E-state index contributed by atoms with van der Waals surface area (Å²) in [6, 6.07) is 24.4. The van der Waals surface area contributed by atoms with Crippen LogP contribution in [0.15, 0.2) is 78.9 Å². The van der Waals surface area contributed by atoms with Crippen molar-refractivity contribution in [1.29, 1.82) is 0 Å². The van der Waals surface area contributed by atoms with Gasteiger partial charge in [-0.15, -0.1) is 11.8 Å². The summed E-state index contributed by atoms with van der Waals surface area (Å²) < 4.78 is 0. The molecule has 0 spiro atoms. The lowest BCUT2D eigenvalue weighted by molar-refractivity contribution is -0.139. The molecule has 3 rings (SSSR count). The topological polar surface area (TPSA) is 49.4 Å². The van der Waals surface area contributed by atoms with Gasteiger partial charge in [-0.1, -0.05) is 103 Å². The third kappa shape index (κ3) is 8.58. The Labute approximate surface area is 228 Å². The summed E-state index contributed by atoms with van der Waals surface area (Å²) in [5.74, 6) is 0.492. The third-order valence-corrected chi connectivity index (χ3v) is 7.48. The minimum absolute atomic E-state index is 0.0985. The smallest absolute Gasteiger partial charge is 0.243 e. The molecule has 36 heavy (non-hydrogen) atoms. The van der Waals surface area contributed by atoms with E-state index in [0.29, 0.717) is 35.3 Å². The number of hydrogen-bond acceptors (Lipinski definition) is 3. The molecule has 3 aromatic rings. The van der Waals surface area contributed by atoms with E-state index in [2.05, 4.69) is 12.2 Å². The molecule has 0 aliphatic rings. The fraction of sp³-hybridized carbons (Fsp3) is 0.310. The molecule has 3 aromatic carbocycles. The number of carbonyl (C=O) groups is 2. The lowest BCUT2D eigenvalue weighted by Crippen LogP contribution is -2.51. The van der Waals surface area contributed by atoms with Gasteiger partial charge < -0.3 is 10.2 Å². The molecule has 0 radical (unpaired) electrons. The molecule has 190 valence electrons. The predicted molar refractivity (Wildman–Crippen MR) is 151 cm³/mol. The van der Waals surface area contributed by atoms with Crippen LogP contribution in [0, 0.1) is 0 Å². The van der Waals surface area contributed by atoms with Gasteiger partial charge in [0, 0.05) is 35.3 Å². The highest BCUT2D eigenvalue weighted by atomic mass is 35.5. The number of hydrogen-bond donors (Lipinski definition) is 1. The van der Waals surface area contributed by atoms with Crippen LogP contribution in [0.25, 0.3) is 0 Å². The van der Waals surface area contributed by atoms with Gasteiger partial charge in [-0.3, -0.25) is 9.59 Å². The van der Waals surface area contributed by atoms with E-state index in [4.69, 9.17) is 23.2 Å².